The normalized spacial score (nSPS) is 11.4. The van der Waals surface area contributed by atoms with Crippen LogP contribution in [-0.4, -0.2) is 51.8 Å². The minimum absolute atomic E-state index is 0.148. The second-order valence-electron chi connectivity index (χ2n) is 4.46. The number of nitrogens with zero attached hydrogens (tertiary/aromatic N) is 1. The first kappa shape index (κ1) is 17.4. The van der Waals surface area contributed by atoms with Gasteiger partial charge in [-0.05, 0) is 24.1 Å². The number of methoxy groups -OCH3 is 1. The first-order valence-electron chi connectivity index (χ1n) is 6.34. The summed E-state index contributed by atoms with van der Waals surface area (Å²) in [6.07, 6.45) is 0.962. The molecule has 1 rings (SSSR count). The predicted molar refractivity (Wildman–Crippen MR) is 76.9 cm³/mol. The Labute approximate surface area is 123 Å². The molecule has 8 heteroatoms. The molecule has 0 unspecified atom stereocenters. The Balaban J connectivity index is 2.54. The van der Waals surface area contributed by atoms with Gasteiger partial charge in [0.05, 0.1) is 13.4 Å². The van der Waals surface area contributed by atoms with Gasteiger partial charge in [0, 0.05) is 19.6 Å². The molecule has 118 valence electrons. The molecule has 0 radical (unpaired) electrons. The van der Waals surface area contributed by atoms with E-state index in [4.69, 9.17) is 0 Å². The van der Waals surface area contributed by atoms with Gasteiger partial charge in [0.15, 0.2) is 0 Å². The van der Waals surface area contributed by atoms with Crippen molar-refractivity contribution < 1.29 is 22.3 Å². The maximum atomic E-state index is 12.8. The Hall–Kier alpha value is -1.67. The maximum Gasteiger partial charge on any atom is 0.406 e. The zero-order valence-corrected chi connectivity index (χ0v) is 12.8. The van der Waals surface area contributed by atoms with Gasteiger partial charge in [-0.25, -0.2) is 21.9 Å². The van der Waals surface area contributed by atoms with Crippen molar-refractivity contribution in [2.45, 2.75) is 6.42 Å². The summed E-state index contributed by atoms with van der Waals surface area (Å²) in [4.78, 5) is 10.9. The lowest BCUT2D eigenvalue weighted by atomic mass is 10.1. The third-order valence-corrected chi connectivity index (χ3v) is 4.15. The van der Waals surface area contributed by atoms with Crippen LogP contribution >= 0.6 is 0 Å². The van der Waals surface area contributed by atoms with Gasteiger partial charge in [0.1, 0.15) is 5.82 Å². The average Bonchev–Trinajstić information content (AvgIpc) is 2.42. The fourth-order valence-electron chi connectivity index (χ4n) is 1.70. The van der Waals surface area contributed by atoms with E-state index in [2.05, 4.69) is 10.1 Å². The highest BCUT2D eigenvalue weighted by Crippen LogP contribution is 2.06. The number of hydrogen-bond acceptors (Lipinski definition) is 4. The number of amides is 1. The second kappa shape index (κ2) is 7.94. The molecule has 1 aromatic rings. The summed E-state index contributed by atoms with van der Waals surface area (Å²) in [6, 6.07) is 5.89. The molecule has 21 heavy (non-hydrogen) atoms. The molecule has 1 N–H and O–H groups in total. The molecule has 0 bridgehead atoms. The molecule has 1 amide bonds. The highest BCUT2D eigenvalue weighted by atomic mass is 32.2. The minimum Gasteiger partial charge on any atom is -0.453 e. The number of hydrogen-bond donors (Lipinski definition) is 1. The molecule has 0 aliphatic heterocycles. The Kier molecular flexibility index (Phi) is 6.57. The quantitative estimate of drug-likeness (QED) is 0.813. The maximum absolute atomic E-state index is 12.8. The lowest BCUT2D eigenvalue weighted by Gasteiger charge is -2.20. The molecular formula is C13H19FN2O4S. The van der Waals surface area contributed by atoms with Gasteiger partial charge in [-0.3, -0.25) is 0 Å². The summed E-state index contributed by atoms with van der Waals surface area (Å²) >= 11 is 0. The summed E-state index contributed by atoms with van der Waals surface area (Å²) in [7, 11) is -2.15. The topological polar surface area (TPSA) is 75.7 Å². The van der Waals surface area contributed by atoms with Crippen molar-refractivity contribution in [3.8, 4) is 0 Å². The number of halogens is 1. The minimum atomic E-state index is -3.38. The molecule has 0 fully saturated rings. The van der Waals surface area contributed by atoms with Gasteiger partial charge in [0.25, 0.3) is 0 Å². The van der Waals surface area contributed by atoms with Gasteiger partial charge in [-0.1, -0.05) is 12.1 Å². The zero-order chi connectivity index (χ0) is 15.9. The van der Waals surface area contributed by atoms with E-state index in [0.29, 0.717) is 6.42 Å². The standard InChI is InChI=1S/C13H19FN2O4S/c1-20-13(17)15-8-10-16(21(2,18)19)9-7-11-3-5-12(14)6-4-11/h3-6H,7-10H2,1-2H3,(H,15,17). The molecule has 0 heterocycles. The van der Waals surface area contributed by atoms with Crippen molar-refractivity contribution in [2.24, 2.45) is 0 Å². The summed E-state index contributed by atoms with van der Waals surface area (Å²) in [5.74, 6) is -0.332. The molecular weight excluding hydrogens is 299 g/mol. The van der Waals surface area contributed by atoms with Gasteiger partial charge < -0.3 is 10.1 Å². The van der Waals surface area contributed by atoms with E-state index >= 15 is 0 Å². The lowest BCUT2D eigenvalue weighted by molar-refractivity contribution is 0.170. The third-order valence-electron chi connectivity index (χ3n) is 2.85. The van der Waals surface area contributed by atoms with E-state index in [0.717, 1.165) is 11.8 Å². The van der Waals surface area contributed by atoms with Crippen molar-refractivity contribution in [1.29, 1.82) is 0 Å². The SMILES string of the molecule is COC(=O)NCCN(CCc1ccc(F)cc1)S(C)(=O)=O. The molecule has 0 aromatic heterocycles. The van der Waals surface area contributed by atoms with E-state index in [9.17, 15) is 17.6 Å². The third kappa shape index (κ3) is 6.54. The first-order chi connectivity index (χ1) is 9.82. The highest BCUT2D eigenvalue weighted by molar-refractivity contribution is 7.88. The van der Waals surface area contributed by atoms with Crippen LogP contribution in [0.3, 0.4) is 0 Å². The molecule has 0 saturated heterocycles. The number of carbonyl (C=O) groups is 1. The second-order valence-corrected chi connectivity index (χ2v) is 6.44. The summed E-state index contributed by atoms with van der Waals surface area (Å²) in [6.45, 7) is 0.561. The van der Waals surface area contributed by atoms with Gasteiger partial charge in [0.2, 0.25) is 10.0 Å². The van der Waals surface area contributed by atoms with Gasteiger partial charge in [-0.15, -0.1) is 0 Å². The van der Waals surface area contributed by atoms with Gasteiger partial charge >= 0.3 is 6.09 Å². The zero-order valence-electron chi connectivity index (χ0n) is 12.0. The van der Waals surface area contributed by atoms with Crippen molar-refractivity contribution >= 4 is 16.1 Å². The number of nitrogens with one attached hydrogen (secondary N) is 1. The van der Waals surface area contributed by atoms with Crippen LogP contribution in [-0.2, 0) is 21.2 Å². The number of benzene rings is 1. The Bertz CT molecular complexity index is 560. The van der Waals surface area contributed by atoms with E-state index in [1.165, 1.54) is 23.5 Å². The van der Waals surface area contributed by atoms with Crippen LogP contribution in [0, 0.1) is 5.82 Å². The van der Waals surface area contributed by atoms with E-state index in [-0.39, 0.29) is 25.5 Å². The van der Waals surface area contributed by atoms with Crippen LogP contribution in [0.25, 0.3) is 0 Å². The van der Waals surface area contributed by atoms with Crippen LogP contribution < -0.4 is 5.32 Å². The van der Waals surface area contributed by atoms with Crippen molar-refractivity contribution in [3.63, 3.8) is 0 Å². The van der Waals surface area contributed by atoms with Crippen LogP contribution in [0.2, 0.25) is 0 Å². The van der Waals surface area contributed by atoms with E-state index < -0.39 is 16.1 Å². The number of rotatable bonds is 7. The Morgan fingerprint density at radius 1 is 1.29 bits per heavy atom. The molecule has 0 spiro atoms. The highest BCUT2D eigenvalue weighted by Gasteiger charge is 2.16. The predicted octanol–water partition coefficient (Wildman–Crippen LogP) is 0.986. The largest absolute Gasteiger partial charge is 0.453 e. The summed E-state index contributed by atoms with van der Waals surface area (Å²) in [5.41, 5.74) is 0.839. The Morgan fingerprint density at radius 3 is 2.43 bits per heavy atom. The lowest BCUT2D eigenvalue weighted by Crippen LogP contribution is -2.39. The smallest absolute Gasteiger partial charge is 0.406 e. The summed E-state index contributed by atoms with van der Waals surface area (Å²) < 4.78 is 41.8. The van der Waals surface area contributed by atoms with Crippen molar-refractivity contribution in [1.82, 2.24) is 9.62 Å². The molecule has 0 aliphatic carbocycles. The first-order valence-corrected chi connectivity index (χ1v) is 8.19. The fourth-order valence-corrected chi connectivity index (χ4v) is 2.55. The van der Waals surface area contributed by atoms with Crippen LogP contribution in [0.1, 0.15) is 5.56 Å². The fraction of sp³-hybridized carbons (Fsp3) is 0.462. The van der Waals surface area contributed by atoms with E-state index in [1.807, 2.05) is 0 Å². The van der Waals surface area contributed by atoms with Crippen LogP contribution in [0.4, 0.5) is 9.18 Å². The average molecular weight is 318 g/mol. The number of sulfonamides is 1. The number of carbonyl (C=O) groups excluding carboxylic acids is 1. The monoisotopic (exact) mass is 318 g/mol. The molecule has 0 aliphatic rings. The van der Waals surface area contributed by atoms with Crippen LogP contribution in [0.5, 0.6) is 0 Å². The number of ether oxygens (including phenoxy) is 1. The number of alkyl carbamates (subject to hydrolysis) is 1. The molecule has 1 aromatic carbocycles. The van der Waals surface area contributed by atoms with Crippen LogP contribution in [0.15, 0.2) is 24.3 Å². The van der Waals surface area contributed by atoms with Crippen molar-refractivity contribution in [2.75, 3.05) is 33.0 Å². The van der Waals surface area contributed by atoms with Crippen molar-refractivity contribution in [3.05, 3.63) is 35.6 Å². The summed E-state index contributed by atoms with van der Waals surface area (Å²) in [5, 5.41) is 2.42. The molecule has 0 atom stereocenters. The van der Waals surface area contributed by atoms with E-state index in [1.54, 1.807) is 12.1 Å². The molecule has 6 nitrogen and oxygen atoms in total. The Morgan fingerprint density at radius 2 is 1.90 bits per heavy atom. The van der Waals surface area contributed by atoms with Gasteiger partial charge in [-0.2, -0.15) is 0 Å². The molecule has 0 saturated carbocycles.